The summed E-state index contributed by atoms with van der Waals surface area (Å²) in [6.45, 7) is 0. The Morgan fingerprint density at radius 3 is 2.62 bits per heavy atom. The summed E-state index contributed by atoms with van der Waals surface area (Å²) in [6.07, 6.45) is 0. The maximum Gasteiger partial charge on any atom is 0.225 e. The number of pyridine rings is 1. The van der Waals surface area contributed by atoms with Crippen molar-refractivity contribution in [1.29, 1.82) is 5.26 Å². The highest BCUT2D eigenvalue weighted by Gasteiger charge is 2.20. The summed E-state index contributed by atoms with van der Waals surface area (Å²) in [6, 6.07) is 10.8. The second kappa shape index (κ2) is 6.02. The minimum absolute atomic E-state index is 0.0636. The molecule has 0 bridgehead atoms. The number of nitrogens with zero attached hydrogens (tertiary/aromatic N) is 7. The highest BCUT2D eigenvalue weighted by atomic mass is 35.5. The molecular weight excluding hydrogens is 359 g/mol. The lowest BCUT2D eigenvalue weighted by Gasteiger charge is -2.12. The van der Waals surface area contributed by atoms with Crippen molar-refractivity contribution >= 4 is 23.2 Å². The molecule has 26 heavy (non-hydrogen) atoms. The van der Waals surface area contributed by atoms with E-state index in [1.165, 1.54) is 16.6 Å². The van der Waals surface area contributed by atoms with Gasteiger partial charge in [0.05, 0.1) is 11.3 Å². The van der Waals surface area contributed by atoms with Gasteiger partial charge in [-0.3, -0.25) is 0 Å². The van der Waals surface area contributed by atoms with E-state index >= 15 is 0 Å². The average Bonchev–Trinajstić information content (AvgIpc) is 3.12. The van der Waals surface area contributed by atoms with Crippen LogP contribution in [0.3, 0.4) is 0 Å². The zero-order chi connectivity index (χ0) is 18.3. The summed E-state index contributed by atoms with van der Waals surface area (Å²) >= 11 is 6.04. The van der Waals surface area contributed by atoms with Gasteiger partial charge in [-0.05, 0) is 52.4 Å². The molecule has 0 fully saturated rings. The Bertz CT molecular complexity index is 1180. The van der Waals surface area contributed by atoms with Crippen molar-refractivity contribution in [2.75, 3.05) is 5.73 Å². The Morgan fingerprint density at radius 1 is 1.12 bits per heavy atom. The third kappa shape index (κ3) is 2.58. The summed E-state index contributed by atoms with van der Waals surface area (Å²) in [5.74, 6) is -0.319. The number of aromatic nitrogens is 6. The first-order chi connectivity index (χ1) is 12.6. The number of nitriles is 1. The Balaban J connectivity index is 2.10. The molecule has 4 aromatic rings. The molecule has 0 aliphatic carbocycles. The van der Waals surface area contributed by atoms with E-state index in [-0.39, 0.29) is 22.6 Å². The Hall–Kier alpha value is -3.64. The van der Waals surface area contributed by atoms with E-state index in [2.05, 4.69) is 25.5 Å². The van der Waals surface area contributed by atoms with Crippen LogP contribution >= 0.6 is 11.6 Å². The molecule has 4 rings (SSSR count). The van der Waals surface area contributed by atoms with Crippen LogP contribution in [0, 0.1) is 17.1 Å². The van der Waals surface area contributed by atoms with Crippen molar-refractivity contribution in [2.24, 2.45) is 0 Å². The minimum atomic E-state index is -0.382. The van der Waals surface area contributed by atoms with Gasteiger partial charge < -0.3 is 5.73 Å². The van der Waals surface area contributed by atoms with Gasteiger partial charge in [-0.15, -0.1) is 5.10 Å². The second-order valence-electron chi connectivity index (χ2n) is 5.29. The molecule has 0 amide bonds. The Kier molecular flexibility index (Phi) is 3.67. The molecule has 0 aliphatic rings. The fourth-order valence-corrected chi connectivity index (χ4v) is 2.81. The monoisotopic (exact) mass is 366 g/mol. The van der Waals surface area contributed by atoms with Crippen molar-refractivity contribution in [2.45, 2.75) is 0 Å². The predicted molar refractivity (Wildman–Crippen MR) is 91.3 cm³/mol. The SMILES string of the molecule is N#Cc1cc(-c2c(-c3ccc(F)cc3)nc(N)n3nnnc23)cc(Cl)n1. The normalized spacial score (nSPS) is 10.8. The van der Waals surface area contributed by atoms with E-state index in [4.69, 9.17) is 17.3 Å². The van der Waals surface area contributed by atoms with Crippen molar-refractivity contribution in [1.82, 2.24) is 30.0 Å². The van der Waals surface area contributed by atoms with Crippen molar-refractivity contribution < 1.29 is 4.39 Å². The molecule has 0 radical (unpaired) electrons. The van der Waals surface area contributed by atoms with Crippen molar-refractivity contribution in [3.8, 4) is 28.5 Å². The minimum Gasteiger partial charge on any atom is -0.368 e. The van der Waals surface area contributed by atoms with Crippen LogP contribution < -0.4 is 5.73 Å². The molecule has 10 heteroatoms. The van der Waals surface area contributed by atoms with Gasteiger partial charge in [-0.1, -0.05) is 11.6 Å². The average molecular weight is 367 g/mol. The molecule has 3 heterocycles. The van der Waals surface area contributed by atoms with Gasteiger partial charge in [0.1, 0.15) is 22.7 Å². The van der Waals surface area contributed by atoms with E-state index in [9.17, 15) is 9.65 Å². The van der Waals surface area contributed by atoms with Crippen LogP contribution in [0.4, 0.5) is 10.3 Å². The Morgan fingerprint density at radius 2 is 1.88 bits per heavy atom. The molecule has 8 nitrogen and oxygen atoms in total. The number of anilines is 1. The first-order valence-corrected chi connectivity index (χ1v) is 7.66. The van der Waals surface area contributed by atoms with Gasteiger partial charge in [-0.2, -0.15) is 9.78 Å². The highest BCUT2D eigenvalue weighted by molar-refractivity contribution is 6.29. The predicted octanol–water partition coefficient (Wildman–Crippen LogP) is 2.49. The summed E-state index contributed by atoms with van der Waals surface area (Å²) in [5, 5.41) is 20.8. The molecule has 0 spiro atoms. The molecular formula is C16H8ClFN8. The van der Waals surface area contributed by atoms with Gasteiger partial charge in [0, 0.05) is 5.56 Å². The van der Waals surface area contributed by atoms with Gasteiger partial charge in [0.25, 0.3) is 0 Å². The second-order valence-corrected chi connectivity index (χ2v) is 5.68. The van der Waals surface area contributed by atoms with Crippen LogP contribution in [-0.2, 0) is 0 Å². The van der Waals surface area contributed by atoms with E-state index in [0.717, 1.165) is 0 Å². The first kappa shape index (κ1) is 15.9. The first-order valence-electron chi connectivity index (χ1n) is 7.28. The fraction of sp³-hybridized carbons (Fsp3) is 0. The molecule has 0 saturated carbocycles. The topological polar surface area (TPSA) is 119 Å². The van der Waals surface area contributed by atoms with Crippen LogP contribution in [0.2, 0.25) is 5.15 Å². The number of tetrazole rings is 1. The molecule has 0 saturated heterocycles. The molecule has 3 aromatic heterocycles. The zero-order valence-electron chi connectivity index (χ0n) is 12.9. The maximum absolute atomic E-state index is 13.3. The maximum atomic E-state index is 13.3. The van der Waals surface area contributed by atoms with Gasteiger partial charge >= 0.3 is 0 Å². The number of halogens is 2. The number of hydrogen-bond acceptors (Lipinski definition) is 7. The quantitative estimate of drug-likeness (QED) is 0.541. The summed E-state index contributed by atoms with van der Waals surface area (Å²) in [4.78, 5) is 8.29. The molecule has 2 N–H and O–H groups in total. The smallest absolute Gasteiger partial charge is 0.225 e. The summed E-state index contributed by atoms with van der Waals surface area (Å²) in [7, 11) is 0. The number of nitrogens with two attached hydrogens (primary N) is 1. The van der Waals surface area contributed by atoms with E-state index in [1.807, 2.05) is 6.07 Å². The van der Waals surface area contributed by atoms with Gasteiger partial charge in [0.15, 0.2) is 5.65 Å². The summed E-state index contributed by atoms with van der Waals surface area (Å²) < 4.78 is 14.6. The number of rotatable bonds is 2. The molecule has 1 aromatic carbocycles. The number of hydrogen-bond donors (Lipinski definition) is 1. The fourth-order valence-electron chi connectivity index (χ4n) is 2.60. The lowest BCUT2D eigenvalue weighted by atomic mass is 10.00. The lowest BCUT2D eigenvalue weighted by molar-refractivity contribution is 0.628. The van der Waals surface area contributed by atoms with E-state index in [1.54, 1.807) is 24.3 Å². The summed E-state index contributed by atoms with van der Waals surface area (Å²) in [5.41, 5.74) is 8.45. The zero-order valence-corrected chi connectivity index (χ0v) is 13.7. The molecule has 0 atom stereocenters. The largest absolute Gasteiger partial charge is 0.368 e. The highest BCUT2D eigenvalue weighted by Crippen LogP contribution is 2.35. The lowest BCUT2D eigenvalue weighted by Crippen LogP contribution is -2.06. The third-order valence-corrected chi connectivity index (χ3v) is 3.88. The van der Waals surface area contributed by atoms with E-state index < -0.39 is 0 Å². The van der Waals surface area contributed by atoms with Crippen LogP contribution in [0.1, 0.15) is 5.69 Å². The number of benzene rings is 1. The van der Waals surface area contributed by atoms with Crippen LogP contribution in [0.15, 0.2) is 36.4 Å². The standard InChI is InChI=1S/C16H8ClFN8/c17-12-6-9(5-11(7-19)21-12)13-14(8-1-3-10(18)4-2-8)22-16(20)26-15(13)23-24-25-26/h1-6H,(H2,20,22). The van der Waals surface area contributed by atoms with Gasteiger partial charge in [-0.25, -0.2) is 14.4 Å². The molecule has 0 aliphatic heterocycles. The van der Waals surface area contributed by atoms with Crippen LogP contribution in [-0.4, -0.2) is 30.0 Å². The van der Waals surface area contributed by atoms with Crippen LogP contribution in [0.25, 0.3) is 28.0 Å². The van der Waals surface area contributed by atoms with Gasteiger partial charge in [0.2, 0.25) is 5.95 Å². The third-order valence-electron chi connectivity index (χ3n) is 3.69. The molecule has 126 valence electrons. The van der Waals surface area contributed by atoms with E-state index in [0.29, 0.717) is 28.0 Å². The van der Waals surface area contributed by atoms with Crippen molar-refractivity contribution in [3.05, 3.63) is 53.1 Å². The van der Waals surface area contributed by atoms with Crippen molar-refractivity contribution in [3.63, 3.8) is 0 Å². The van der Waals surface area contributed by atoms with Crippen LogP contribution in [0.5, 0.6) is 0 Å². The Labute approximate surface area is 150 Å². The number of fused-ring (bicyclic) bond motifs is 1. The number of nitrogen functional groups attached to an aromatic ring is 1. The molecule has 0 unspecified atom stereocenters.